The van der Waals surface area contributed by atoms with Crippen molar-refractivity contribution in [1.29, 1.82) is 0 Å². The monoisotopic (exact) mass is 393 g/mol. The summed E-state index contributed by atoms with van der Waals surface area (Å²) in [6.07, 6.45) is 6.66. The third kappa shape index (κ3) is 6.25. The molecule has 0 saturated carbocycles. The van der Waals surface area contributed by atoms with Crippen molar-refractivity contribution in [2.45, 2.75) is 44.2 Å². The molecule has 4 heteroatoms. The van der Waals surface area contributed by atoms with Gasteiger partial charge in [-0.25, -0.2) is 4.98 Å². The molecule has 0 spiro atoms. The number of nitrogens with one attached hydrogen (secondary N) is 2. The van der Waals surface area contributed by atoms with Gasteiger partial charge in [0.15, 0.2) is 5.16 Å². The van der Waals surface area contributed by atoms with Crippen LogP contribution in [0.2, 0.25) is 0 Å². The summed E-state index contributed by atoms with van der Waals surface area (Å²) in [6.45, 7) is 4.39. The van der Waals surface area contributed by atoms with Crippen LogP contribution in [0.1, 0.15) is 39.0 Å². The fourth-order valence-electron chi connectivity index (χ4n) is 3.24. The van der Waals surface area contributed by atoms with Gasteiger partial charge in [0.05, 0.1) is 11.4 Å². The van der Waals surface area contributed by atoms with Crippen LogP contribution in [-0.2, 0) is 0 Å². The molecular weight excluding hydrogens is 362 g/mol. The molecule has 1 aromatic heterocycles. The highest BCUT2D eigenvalue weighted by atomic mass is 32.2. The van der Waals surface area contributed by atoms with E-state index in [-0.39, 0.29) is 0 Å². The Bertz CT molecular complexity index is 742. The molecule has 0 atom stereocenters. The lowest BCUT2D eigenvalue weighted by atomic mass is 10.1. The Morgan fingerprint density at radius 2 is 1.50 bits per heavy atom. The highest BCUT2D eigenvalue weighted by Crippen LogP contribution is 2.32. The van der Waals surface area contributed by atoms with E-state index in [0.717, 1.165) is 41.0 Å². The van der Waals surface area contributed by atoms with Gasteiger partial charge in [-0.3, -0.25) is 0 Å². The zero-order valence-corrected chi connectivity index (χ0v) is 17.6. The van der Waals surface area contributed by atoms with Gasteiger partial charge in [-0.1, -0.05) is 105 Å². The van der Waals surface area contributed by atoms with E-state index in [1.165, 1.54) is 37.7 Å². The summed E-state index contributed by atoms with van der Waals surface area (Å²) in [5.41, 5.74) is 4.44. The number of aromatic nitrogens is 2. The second kappa shape index (κ2) is 11.7. The van der Waals surface area contributed by atoms with Crippen molar-refractivity contribution in [3.8, 4) is 22.5 Å². The second-order valence-electron chi connectivity index (χ2n) is 7.01. The first-order valence-electron chi connectivity index (χ1n) is 10.4. The van der Waals surface area contributed by atoms with Gasteiger partial charge >= 0.3 is 0 Å². The predicted molar refractivity (Wildman–Crippen MR) is 122 cm³/mol. The van der Waals surface area contributed by atoms with E-state index in [1.807, 2.05) is 12.1 Å². The molecular formula is C24H31N3S. The number of rotatable bonds is 12. The van der Waals surface area contributed by atoms with Crippen LogP contribution >= 0.6 is 11.8 Å². The lowest BCUT2D eigenvalue weighted by Crippen LogP contribution is -2.18. The smallest absolute Gasteiger partial charge is 0.166 e. The Hall–Kier alpha value is -2.04. The average molecular weight is 394 g/mol. The number of hydrogen-bond donors (Lipinski definition) is 2. The third-order valence-corrected chi connectivity index (χ3v) is 5.64. The Morgan fingerprint density at radius 3 is 2.21 bits per heavy atom. The van der Waals surface area contributed by atoms with Crippen molar-refractivity contribution in [2.24, 2.45) is 0 Å². The molecule has 28 heavy (non-hydrogen) atoms. The van der Waals surface area contributed by atoms with Crippen LogP contribution in [0.15, 0.2) is 65.8 Å². The number of hydrogen-bond acceptors (Lipinski definition) is 3. The maximum Gasteiger partial charge on any atom is 0.166 e. The largest absolute Gasteiger partial charge is 0.332 e. The van der Waals surface area contributed by atoms with Gasteiger partial charge in [0, 0.05) is 23.4 Å². The van der Waals surface area contributed by atoms with Crippen LogP contribution in [0.4, 0.5) is 0 Å². The number of benzene rings is 2. The molecule has 0 saturated heterocycles. The molecule has 0 radical (unpaired) electrons. The molecule has 1 heterocycles. The van der Waals surface area contributed by atoms with Gasteiger partial charge in [0.1, 0.15) is 0 Å². The highest BCUT2D eigenvalue weighted by molar-refractivity contribution is 7.99. The molecule has 2 N–H and O–H groups in total. The van der Waals surface area contributed by atoms with Crippen molar-refractivity contribution in [3.63, 3.8) is 0 Å². The average Bonchev–Trinajstić information content (AvgIpc) is 3.18. The van der Waals surface area contributed by atoms with Gasteiger partial charge in [-0.05, 0) is 13.0 Å². The predicted octanol–water partition coefficient (Wildman–Crippen LogP) is 6.40. The summed E-state index contributed by atoms with van der Waals surface area (Å²) in [6, 6.07) is 20.9. The molecule has 0 aliphatic rings. The maximum absolute atomic E-state index is 4.90. The minimum atomic E-state index is 0.988. The van der Waals surface area contributed by atoms with Gasteiger partial charge in [0.2, 0.25) is 0 Å². The van der Waals surface area contributed by atoms with Crippen molar-refractivity contribution in [2.75, 3.05) is 18.8 Å². The molecule has 0 aliphatic heterocycles. The number of imidazole rings is 1. The van der Waals surface area contributed by atoms with Crippen molar-refractivity contribution >= 4 is 11.8 Å². The van der Waals surface area contributed by atoms with Crippen molar-refractivity contribution in [1.82, 2.24) is 15.3 Å². The molecule has 0 fully saturated rings. The van der Waals surface area contributed by atoms with Crippen LogP contribution in [0, 0.1) is 0 Å². The number of nitrogens with zero attached hydrogens (tertiary/aromatic N) is 1. The first-order valence-corrected chi connectivity index (χ1v) is 11.4. The first-order chi connectivity index (χ1) is 13.9. The van der Waals surface area contributed by atoms with E-state index in [0.29, 0.717) is 0 Å². The topological polar surface area (TPSA) is 40.7 Å². The molecule has 0 unspecified atom stereocenters. The molecule has 0 amide bonds. The fraction of sp³-hybridized carbons (Fsp3) is 0.375. The lowest BCUT2D eigenvalue weighted by Gasteiger charge is -2.03. The summed E-state index contributed by atoms with van der Waals surface area (Å²) >= 11 is 1.79. The molecule has 3 rings (SSSR count). The van der Waals surface area contributed by atoms with Gasteiger partial charge < -0.3 is 10.3 Å². The normalized spacial score (nSPS) is 11.0. The molecule has 0 aliphatic carbocycles. The molecule has 3 aromatic rings. The minimum absolute atomic E-state index is 0.988. The van der Waals surface area contributed by atoms with Gasteiger partial charge in [0.25, 0.3) is 0 Å². The summed E-state index contributed by atoms with van der Waals surface area (Å²) in [7, 11) is 0. The SMILES string of the molecule is CCCCCCCNCCSc1nc(-c2ccccc2)c(-c2ccccc2)[nH]1. The Labute approximate surface area is 173 Å². The maximum atomic E-state index is 4.90. The number of unbranched alkanes of at least 4 members (excludes halogenated alkanes) is 4. The Morgan fingerprint density at radius 1 is 0.821 bits per heavy atom. The highest BCUT2D eigenvalue weighted by Gasteiger charge is 2.14. The van der Waals surface area contributed by atoms with Crippen LogP contribution in [0.5, 0.6) is 0 Å². The summed E-state index contributed by atoms with van der Waals surface area (Å²) in [5, 5.41) is 4.54. The van der Waals surface area contributed by atoms with E-state index in [2.05, 4.69) is 65.8 Å². The standard InChI is InChI=1S/C24H31N3S/c1-2-3-4-5-12-17-25-18-19-28-24-26-22(20-13-8-6-9-14-20)23(27-24)21-15-10-7-11-16-21/h6-11,13-16,25H,2-5,12,17-19H2,1H3,(H,26,27). The van der Waals surface area contributed by atoms with Crippen molar-refractivity contribution in [3.05, 3.63) is 60.7 Å². The number of aromatic amines is 1. The minimum Gasteiger partial charge on any atom is -0.332 e. The van der Waals surface area contributed by atoms with Crippen LogP contribution < -0.4 is 5.32 Å². The number of thioether (sulfide) groups is 1. The van der Waals surface area contributed by atoms with E-state index < -0.39 is 0 Å². The van der Waals surface area contributed by atoms with Crippen molar-refractivity contribution < 1.29 is 0 Å². The Balaban J connectivity index is 1.56. The zero-order valence-electron chi connectivity index (χ0n) is 16.8. The lowest BCUT2D eigenvalue weighted by molar-refractivity contribution is 0.595. The molecule has 0 bridgehead atoms. The van der Waals surface area contributed by atoms with Crippen LogP contribution in [0.25, 0.3) is 22.5 Å². The molecule has 3 nitrogen and oxygen atoms in total. The second-order valence-corrected chi connectivity index (χ2v) is 8.09. The summed E-state index contributed by atoms with van der Waals surface area (Å²) in [4.78, 5) is 8.45. The van der Waals surface area contributed by atoms with E-state index in [1.54, 1.807) is 11.8 Å². The van der Waals surface area contributed by atoms with E-state index in [9.17, 15) is 0 Å². The summed E-state index contributed by atoms with van der Waals surface area (Å²) < 4.78 is 0. The molecule has 2 aromatic carbocycles. The summed E-state index contributed by atoms with van der Waals surface area (Å²) in [5.74, 6) is 1.02. The van der Waals surface area contributed by atoms with Crippen LogP contribution in [-0.4, -0.2) is 28.8 Å². The number of H-pyrrole nitrogens is 1. The quantitative estimate of drug-likeness (QED) is 0.276. The zero-order chi connectivity index (χ0) is 19.4. The van der Waals surface area contributed by atoms with E-state index in [4.69, 9.17) is 4.98 Å². The van der Waals surface area contributed by atoms with Crippen LogP contribution in [0.3, 0.4) is 0 Å². The molecule has 148 valence electrons. The third-order valence-electron chi connectivity index (χ3n) is 4.77. The Kier molecular flexibility index (Phi) is 8.66. The first kappa shape index (κ1) is 20.7. The fourth-order valence-corrected chi connectivity index (χ4v) is 4.01. The van der Waals surface area contributed by atoms with Gasteiger partial charge in [-0.15, -0.1) is 0 Å². The van der Waals surface area contributed by atoms with Gasteiger partial charge in [-0.2, -0.15) is 0 Å². The van der Waals surface area contributed by atoms with E-state index >= 15 is 0 Å².